The zero-order valence-corrected chi connectivity index (χ0v) is 13.9. The molecule has 0 aromatic carbocycles. The van der Waals surface area contributed by atoms with Crippen molar-refractivity contribution in [3.63, 3.8) is 0 Å². The van der Waals surface area contributed by atoms with Gasteiger partial charge in [-0.15, -0.1) is 0 Å². The fourth-order valence-corrected chi connectivity index (χ4v) is 1.94. The highest BCUT2D eigenvalue weighted by atomic mass is 32.1. The maximum Gasteiger partial charge on any atom is 0.327 e. The van der Waals surface area contributed by atoms with E-state index in [2.05, 4.69) is 35.9 Å². The molecule has 0 radical (unpaired) electrons. The van der Waals surface area contributed by atoms with Gasteiger partial charge in [-0.2, -0.15) is 25.3 Å². The van der Waals surface area contributed by atoms with Crippen LogP contribution in [0.4, 0.5) is 0 Å². The first-order valence-electron chi connectivity index (χ1n) is 6.59. The van der Waals surface area contributed by atoms with Gasteiger partial charge in [0.1, 0.15) is 12.1 Å². The van der Waals surface area contributed by atoms with Crippen molar-refractivity contribution >= 4 is 43.0 Å². The van der Waals surface area contributed by atoms with Gasteiger partial charge < -0.3 is 21.5 Å². The van der Waals surface area contributed by atoms with Gasteiger partial charge >= 0.3 is 5.97 Å². The Balaban J connectivity index is 4.67. The number of amides is 2. The lowest BCUT2D eigenvalue weighted by Gasteiger charge is -2.23. The van der Waals surface area contributed by atoms with E-state index < -0.39 is 35.9 Å². The minimum absolute atomic E-state index is 0.0298. The first-order valence-corrected chi connectivity index (χ1v) is 7.85. The summed E-state index contributed by atoms with van der Waals surface area (Å²) in [6.07, 6.45) is 0.729. The number of carboxylic acid groups (broad SMARTS) is 1. The van der Waals surface area contributed by atoms with E-state index in [1.54, 1.807) is 0 Å². The molecule has 21 heavy (non-hydrogen) atoms. The SMILES string of the molecule is CC[C@H](C)[C@H](N)C(=O)N[C@@H](CS)C(=O)N[C@@H](CS)C(=O)O. The van der Waals surface area contributed by atoms with E-state index in [4.69, 9.17) is 10.8 Å². The van der Waals surface area contributed by atoms with Crippen molar-refractivity contribution in [2.75, 3.05) is 11.5 Å². The Kier molecular flexibility index (Phi) is 9.47. The van der Waals surface area contributed by atoms with E-state index in [1.165, 1.54) is 0 Å². The second-order valence-corrected chi connectivity index (χ2v) is 5.47. The molecular weight excluding hydrogens is 314 g/mol. The molecule has 0 unspecified atom stereocenters. The number of carbonyl (C=O) groups excluding carboxylic acids is 2. The summed E-state index contributed by atoms with van der Waals surface area (Å²) in [7, 11) is 0. The molecule has 0 saturated heterocycles. The number of rotatable bonds is 9. The van der Waals surface area contributed by atoms with Crippen molar-refractivity contribution in [3.8, 4) is 0 Å². The van der Waals surface area contributed by atoms with E-state index in [1.807, 2.05) is 13.8 Å². The molecule has 2 amide bonds. The zero-order valence-electron chi connectivity index (χ0n) is 12.1. The van der Waals surface area contributed by atoms with Gasteiger partial charge in [-0.25, -0.2) is 4.79 Å². The third kappa shape index (κ3) is 6.58. The molecule has 0 spiro atoms. The van der Waals surface area contributed by atoms with Crippen molar-refractivity contribution in [2.45, 2.75) is 38.4 Å². The van der Waals surface area contributed by atoms with E-state index in [-0.39, 0.29) is 17.4 Å². The summed E-state index contributed by atoms with van der Waals surface area (Å²) < 4.78 is 0. The smallest absolute Gasteiger partial charge is 0.327 e. The zero-order chi connectivity index (χ0) is 16.6. The Bertz CT molecular complexity index is 382. The van der Waals surface area contributed by atoms with Crippen molar-refractivity contribution < 1.29 is 19.5 Å². The molecule has 4 atom stereocenters. The van der Waals surface area contributed by atoms with Crippen LogP contribution in [0.15, 0.2) is 0 Å². The monoisotopic (exact) mass is 337 g/mol. The number of nitrogens with one attached hydrogen (secondary N) is 2. The van der Waals surface area contributed by atoms with Gasteiger partial charge in [-0.05, 0) is 5.92 Å². The third-order valence-electron chi connectivity index (χ3n) is 3.17. The second-order valence-electron chi connectivity index (χ2n) is 4.74. The number of hydrogen-bond donors (Lipinski definition) is 6. The lowest BCUT2D eigenvalue weighted by Crippen LogP contribution is -2.56. The minimum Gasteiger partial charge on any atom is -0.480 e. The Morgan fingerprint density at radius 1 is 1.10 bits per heavy atom. The largest absolute Gasteiger partial charge is 0.480 e. The number of thiol groups is 2. The first-order chi connectivity index (χ1) is 9.78. The average Bonchev–Trinajstić information content (AvgIpc) is 2.47. The van der Waals surface area contributed by atoms with Crippen molar-refractivity contribution in [2.24, 2.45) is 11.7 Å². The van der Waals surface area contributed by atoms with Gasteiger partial charge in [-0.1, -0.05) is 20.3 Å². The molecule has 9 heteroatoms. The molecule has 0 heterocycles. The summed E-state index contributed by atoms with van der Waals surface area (Å²) in [6.45, 7) is 3.74. The van der Waals surface area contributed by atoms with Crippen molar-refractivity contribution in [3.05, 3.63) is 0 Å². The Morgan fingerprint density at radius 3 is 1.95 bits per heavy atom. The van der Waals surface area contributed by atoms with E-state index in [0.29, 0.717) is 0 Å². The number of aliphatic carboxylic acids is 1. The number of nitrogens with two attached hydrogens (primary N) is 1. The summed E-state index contributed by atoms with van der Waals surface area (Å²) in [6, 6.07) is -2.80. The van der Waals surface area contributed by atoms with Crippen LogP contribution in [0.3, 0.4) is 0 Å². The molecule has 0 bridgehead atoms. The van der Waals surface area contributed by atoms with Gasteiger partial charge in [0.25, 0.3) is 0 Å². The van der Waals surface area contributed by atoms with E-state index in [0.717, 1.165) is 6.42 Å². The standard InChI is InChI=1S/C12H23N3O4S2/c1-3-6(2)9(13)11(17)14-7(4-20)10(16)15-8(5-21)12(18)19/h6-9,20-21H,3-5,13H2,1-2H3,(H,14,17)(H,15,16)(H,18,19)/t6-,7-,8-,9-/m0/s1. The average molecular weight is 337 g/mol. The molecule has 0 aromatic rings. The van der Waals surface area contributed by atoms with Crippen LogP contribution in [0, 0.1) is 5.92 Å². The molecule has 5 N–H and O–H groups in total. The van der Waals surface area contributed by atoms with Gasteiger partial charge in [0.2, 0.25) is 11.8 Å². The number of hydrogen-bond acceptors (Lipinski definition) is 6. The topological polar surface area (TPSA) is 122 Å². The summed E-state index contributed by atoms with van der Waals surface area (Å²) in [4.78, 5) is 34.7. The van der Waals surface area contributed by atoms with Crippen LogP contribution >= 0.6 is 25.3 Å². The van der Waals surface area contributed by atoms with Crippen LogP contribution in [0.1, 0.15) is 20.3 Å². The number of carbonyl (C=O) groups is 3. The summed E-state index contributed by atoms with van der Waals surface area (Å²) in [5, 5.41) is 13.6. The van der Waals surface area contributed by atoms with Gasteiger partial charge in [-0.3, -0.25) is 9.59 Å². The summed E-state index contributed by atoms with van der Waals surface area (Å²) in [5.74, 6) is -2.34. The number of carboxylic acids is 1. The third-order valence-corrected chi connectivity index (χ3v) is 3.90. The van der Waals surface area contributed by atoms with Crippen LogP contribution in [-0.4, -0.2) is 52.5 Å². The second kappa shape index (κ2) is 9.91. The molecule has 122 valence electrons. The molecule has 0 aliphatic carbocycles. The van der Waals surface area contributed by atoms with Crippen molar-refractivity contribution in [1.29, 1.82) is 0 Å². The fraction of sp³-hybridized carbons (Fsp3) is 0.750. The highest BCUT2D eigenvalue weighted by Gasteiger charge is 2.27. The van der Waals surface area contributed by atoms with E-state index in [9.17, 15) is 14.4 Å². The quantitative estimate of drug-likeness (QED) is 0.310. The molecule has 0 aliphatic heterocycles. The summed E-state index contributed by atoms with van der Waals surface area (Å²) in [5.41, 5.74) is 5.78. The molecule has 0 fully saturated rings. The predicted molar refractivity (Wildman–Crippen MR) is 86.6 cm³/mol. The van der Waals surface area contributed by atoms with Gasteiger partial charge in [0.15, 0.2) is 0 Å². The van der Waals surface area contributed by atoms with Crippen molar-refractivity contribution in [1.82, 2.24) is 10.6 Å². The lowest BCUT2D eigenvalue weighted by atomic mass is 9.99. The highest BCUT2D eigenvalue weighted by molar-refractivity contribution is 7.80. The van der Waals surface area contributed by atoms with Gasteiger partial charge in [0.05, 0.1) is 6.04 Å². The molecule has 0 rings (SSSR count). The molecule has 0 saturated carbocycles. The fourth-order valence-electron chi connectivity index (χ4n) is 1.43. The Hall–Kier alpha value is -0.930. The highest BCUT2D eigenvalue weighted by Crippen LogP contribution is 2.05. The Morgan fingerprint density at radius 2 is 1.57 bits per heavy atom. The molecular formula is C12H23N3O4S2. The molecule has 0 aliphatic rings. The van der Waals surface area contributed by atoms with Crippen LogP contribution in [0.2, 0.25) is 0 Å². The molecule has 7 nitrogen and oxygen atoms in total. The summed E-state index contributed by atoms with van der Waals surface area (Å²) >= 11 is 7.84. The Labute approximate surface area is 135 Å². The van der Waals surface area contributed by atoms with E-state index >= 15 is 0 Å². The predicted octanol–water partition coefficient (Wildman–Crippen LogP) is -0.726. The van der Waals surface area contributed by atoms with Crippen LogP contribution in [-0.2, 0) is 14.4 Å². The van der Waals surface area contributed by atoms with Crippen LogP contribution < -0.4 is 16.4 Å². The first kappa shape index (κ1) is 20.1. The molecule has 0 aromatic heterocycles. The van der Waals surface area contributed by atoms with Crippen LogP contribution in [0.25, 0.3) is 0 Å². The minimum atomic E-state index is -1.20. The van der Waals surface area contributed by atoms with Crippen LogP contribution in [0.5, 0.6) is 0 Å². The lowest BCUT2D eigenvalue weighted by molar-refractivity contribution is -0.141. The maximum atomic E-state index is 11.9. The maximum absolute atomic E-state index is 11.9. The van der Waals surface area contributed by atoms with Gasteiger partial charge in [0, 0.05) is 11.5 Å². The normalized spacial score (nSPS) is 16.4.